The highest BCUT2D eigenvalue weighted by molar-refractivity contribution is 9.10. The first-order valence-corrected chi connectivity index (χ1v) is 6.66. The maximum atomic E-state index is 13.1. The van der Waals surface area contributed by atoms with Crippen LogP contribution in [0.5, 0.6) is 0 Å². The van der Waals surface area contributed by atoms with E-state index in [0.29, 0.717) is 10.0 Å². The lowest BCUT2D eigenvalue weighted by Crippen LogP contribution is -2.41. The Morgan fingerprint density at radius 2 is 2.20 bits per heavy atom. The van der Waals surface area contributed by atoms with Crippen molar-refractivity contribution < 1.29 is 14.0 Å². The van der Waals surface area contributed by atoms with E-state index in [1.165, 1.54) is 18.2 Å². The highest BCUT2D eigenvalue weighted by Crippen LogP contribution is 2.34. The summed E-state index contributed by atoms with van der Waals surface area (Å²) in [5, 5.41) is 11.1. The van der Waals surface area contributed by atoms with Crippen molar-refractivity contribution in [3.05, 3.63) is 34.1 Å². The smallest absolute Gasteiger partial charge is 0.319 e. The molecule has 1 N–H and O–H groups in total. The van der Waals surface area contributed by atoms with Gasteiger partial charge in [-0.05, 0) is 19.1 Å². The van der Waals surface area contributed by atoms with E-state index in [9.17, 15) is 14.0 Å². The Kier molecular flexibility index (Phi) is 3.77. The predicted octanol–water partition coefficient (Wildman–Crippen LogP) is 2.27. The van der Waals surface area contributed by atoms with Crippen LogP contribution in [0.2, 0.25) is 0 Å². The maximum Gasteiger partial charge on any atom is 0.325 e. The minimum atomic E-state index is -1.26. The van der Waals surface area contributed by atoms with Gasteiger partial charge in [0.15, 0.2) is 0 Å². The third kappa shape index (κ3) is 2.27. The maximum absolute atomic E-state index is 13.1. The monoisotopic (exact) mass is 339 g/mol. The van der Waals surface area contributed by atoms with Crippen molar-refractivity contribution in [1.29, 1.82) is 5.26 Å². The summed E-state index contributed by atoms with van der Waals surface area (Å²) in [6.07, 6.45) is 0.0693. The lowest BCUT2D eigenvalue weighted by Gasteiger charge is -2.23. The molecule has 0 aliphatic carbocycles. The number of urea groups is 1. The Morgan fingerprint density at radius 1 is 1.50 bits per heavy atom. The predicted molar refractivity (Wildman–Crippen MR) is 71.9 cm³/mol. The van der Waals surface area contributed by atoms with Crippen LogP contribution in [0.1, 0.15) is 18.9 Å². The standard InChI is InChI=1S/C13H11BrFN3O2/c1-13(9-4-3-8(15)7-10(9)14)11(19)18(6-2-5-16)12(20)17-13/h3-4,7H,2,6H2,1H3,(H,17,20). The number of hydrogen-bond acceptors (Lipinski definition) is 3. The van der Waals surface area contributed by atoms with Gasteiger partial charge in [-0.3, -0.25) is 9.69 Å². The lowest BCUT2D eigenvalue weighted by molar-refractivity contribution is -0.131. The molecule has 104 valence electrons. The number of imide groups is 1. The summed E-state index contributed by atoms with van der Waals surface area (Å²) in [7, 11) is 0. The van der Waals surface area contributed by atoms with Crippen molar-refractivity contribution in [2.75, 3.05) is 6.54 Å². The molecule has 2 rings (SSSR count). The van der Waals surface area contributed by atoms with Gasteiger partial charge in [-0.15, -0.1) is 0 Å². The Labute approximate surface area is 123 Å². The number of nitrogens with one attached hydrogen (secondary N) is 1. The molecular weight excluding hydrogens is 329 g/mol. The normalized spacial score (nSPS) is 21.8. The first-order chi connectivity index (χ1) is 9.40. The number of hydrogen-bond donors (Lipinski definition) is 1. The Morgan fingerprint density at radius 3 is 2.80 bits per heavy atom. The molecule has 7 heteroatoms. The first kappa shape index (κ1) is 14.5. The van der Waals surface area contributed by atoms with E-state index in [-0.39, 0.29) is 13.0 Å². The van der Waals surface area contributed by atoms with Crippen molar-refractivity contribution in [3.63, 3.8) is 0 Å². The molecule has 1 aliphatic rings. The molecule has 1 aromatic rings. The Hall–Kier alpha value is -1.94. The van der Waals surface area contributed by atoms with E-state index in [4.69, 9.17) is 5.26 Å². The topological polar surface area (TPSA) is 73.2 Å². The van der Waals surface area contributed by atoms with E-state index in [1.807, 2.05) is 6.07 Å². The summed E-state index contributed by atoms with van der Waals surface area (Å²) >= 11 is 3.20. The number of benzene rings is 1. The van der Waals surface area contributed by atoms with E-state index in [2.05, 4.69) is 21.2 Å². The van der Waals surface area contributed by atoms with Crippen molar-refractivity contribution in [3.8, 4) is 6.07 Å². The molecule has 0 radical (unpaired) electrons. The molecule has 20 heavy (non-hydrogen) atoms. The number of rotatable bonds is 3. The van der Waals surface area contributed by atoms with Crippen LogP contribution in [-0.2, 0) is 10.3 Å². The molecule has 0 saturated carbocycles. The van der Waals surface area contributed by atoms with Crippen molar-refractivity contribution >= 4 is 27.9 Å². The van der Waals surface area contributed by atoms with Gasteiger partial charge in [0.1, 0.15) is 11.4 Å². The minimum Gasteiger partial charge on any atom is -0.319 e. The number of nitrogens with zero attached hydrogens (tertiary/aromatic N) is 2. The molecule has 1 aromatic carbocycles. The molecule has 1 heterocycles. The van der Waals surface area contributed by atoms with E-state index >= 15 is 0 Å². The van der Waals surface area contributed by atoms with Gasteiger partial charge in [0.25, 0.3) is 5.91 Å². The molecular formula is C13H11BrFN3O2. The fourth-order valence-electron chi connectivity index (χ4n) is 2.14. The van der Waals surface area contributed by atoms with Gasteiger partial charge in [-0.1, -0.05) is 22.0 Å². The second-order valence-electron chi connectivity index (χ2n) is 4.54. The second-order valence-corrected chi connectivity index (χ2v) is 5.40. The van der Waals surface area contributed by atoms with Gasteiger partial charge in [0.2, 0.25) is 0 Å². The van der Waals surface area contributed by atoms with Crippen molar-refractivity contribution in [2.45, 2.75) is 18.9 Å². The minimum absolute atomic E-state index is 0.0373. The number of carbonyl (C=O) groups excluding carboxylic acids is 2. The van der Waals surface area contributed by atoms with Gasteiger partial charge in [0, 0.05) is 16.6 Å². The van der Waals surface area contributed by atoms with Crippen LogP contribution in [0, 0.1) is 17.1 Å². The van der Waals surface area contributed by atoms with Crippen LogP contribution in [-0.4, -0.2) is 23.4 Å². The fourth-order valence-corrected chi connectivity index (χ4v) is 2.89. The number of amides is 3. The largest absolute Gasteiger partial charge is 0.325 e. The average molecular weight is 340 g/mol. The summed E-state index contributed by atoms with van der Waals surface area (Å²) < 4.78 is 13.5. The summed E-state index contributed by atoms with van der Waals surface area (Å²) in [5.41, 5.74) is -0.796. The molecule has 1 fully saturated rings. The summed E-state index contributed by atoms with van der Waals surface area (Å²) in [6.45, 7) is 1.59. The number of halogens is 2. The molecule has 1 atom stereocenters. The van der Waals surface area contributed by atoms with Gasteiger partial charge in [-0.2, -0.15) is 5.26 Å². The van der Waals surface area contributed by atoms with Crippen molar-refractivity contribution in [2.24, 2.45) is 0 Å². The Balaban J connectivity index is 2.38. The zero-order valence-corrected chi connectivity index (χ0v) is 12.2. The number of carbonyl (C=O) groups is 2. The molecule has 0 spiro atoms. The van der Waals surface area contributed by atoms with Crippen molar-refractivity contribution in [1.82, 2.24) is 10.2 Å². The zero-order chi connectivity index (χ0) is 14.9. The van der Waals surface area contributed by atoms with Crippen LogP contribution < -0.4 is 5.32 Å². The van der Waals surface area contributed by atoms with Crippen LogP contribution in [0.4, 0.5) is 9.18 Å². The second kappa shape index (κ2) is 5.21. The summed E-state index contributed by atoms with van der Waals surface area (Å²) in [4.78, 5) is 25.3. The zero-order valence-electron chi connectivity index (χ0n) is 10.6. The molecule has 5 nitrogen and oxygen atoms in total. The van der Waals surface area contributed by atoms with E-state index < -0.39 is 23.3 Å². The third-order valence-corrected chi connectivity index (χ3v) is 3.85. The summed E-state index contributed by atoms with van der Waals surface area (Å²) in [6, 6.07) is 5.25. The lowest BCUT2D eigenvalue weighted by atomic mass is 9.92. The molecule has 1 aliphatic heterocycles. The average Bonchev–Trinajstić information content (AvgIpc) is 2.59. The molecule has 1 saturated heterocycles. The van der Waals surface area contributed by atoms with Crippen LogP contribution in [0.25, 0.3) is 0 Å². The Bertz CT molecular complexity index is 629. The molecule has 3 amide bonds. The van der Waals surface area contributed by atoms with Gasteiger partial charge < -0.3 is 5.32 Å². The quantitative estimate of drug-likeness (QED) is 0.858. The van der Waals surface area contributed by atoms with Gasteiger partial charge in [-0.25, -0.2) is 9.18 Å². The van der Waals surface area contributed by atoms with E-state index in [1.54, 1.807) is 6.92 Å². The molecule has 1 unspecified atom stereocenters. The first-order valence-electron chi connectivity index (χ1n) is 5.86. The van der Waals surface area contributed by atoms with Crippen LogP contribution >= 0.6 is 15.9 Å². The third-order valence-electron chi connectivity index (χ3n) is 3.19. The molecule has 0 bridgehead atoms. The summed E-state index contributed by atoms with van der Waals surface area (Å²) in [5.74, 6) is -0.896. The molecule has 0 aromatic heterocycles. The van der Waals surface area contributed by atoms with E-state index in [0.717, 1.165) is 4.90 Å². The number of nitriles is 1. The van der Waals surface area contributed by atoms with Crippen LogP contribution in [0.3, 0.4) is 0 Å². The highest BCUT2D eigenvalue weighted by atomic mass is 79.9. The fraction of sp³-hybridized carbons (Fsp3) is 0.308. The van der Waals surface area contributed by atoms with Crippen LogP contribution in [0.15, 0.2) is 22.7 Å². The SMILES string of the molecule is CC1(c2ccc(F)cc2Br)NC(=O)N(CCC#N)C1=O. The van der Waals surface area contributed by atoms with Gasteiger partial charge in [0.05, 0.1) is 12.5 Å². The van der Waals surface area contributed by atoms with Gasteiger partial charge >= 0.3 is 6.03 Å². The highest BCUT2D eigenvalue weighted by Gasteiger charge is 2.49.